The van der Waals surface area contributed by atoms with Crippen molar-refractivity contribution in [2.75, 3.05) is 6.54 Å². The van der Waals surface area contributed by atoms with Crippen LogP contribution in [-0.2, 0) is 9.59 Å². The first kappa shape index (κ1) is 10.5. The summed E-state index contributed by atoms with van der Waals surface area (Å²) in [5.74, 6) is -0.334. The van der Waals surface area contributed by atoms with Gasteiger partial charge in [0.25, 0.3) is 0 Å². The molecule has 0 radical (unpaired) electrons. The molecule has 2 aliphatic heterocycles. The Labute approximate surface area is 99.6 Å². The molecule has 1 aromatic carbocycles. The van der Waals surface area contributed by atoms with E-state index in [4.69, 9.17) is 0 Å². The predicted molar refractivity (Wildman–Crippen MR) is 62.1 cm³/mol. The molecule has 4 heteroatoms. The van der Waals surface area contributed by atoms with Gasteiger partial charge < -0.3 is 0 Å². The maximum Gasteiger partial charge on any atom is 0.248 e. The van der Waals surface area contributed by atoms with Gasteiger partial charge >= 0.3 is 0 Å². The number of rotatable bonds is 1. The zero-order valence-corrected chi connectivity index (χ0v) is 9.43. The smallest absolute Gasteiger partial charge is 0.248 e. The Morgan fingerprint density at radius 2 is 1.88 bits per heavy atom. The Hall–Kier alpha value is -1.68. The fraction of sp³-hybridized carbons (Fsp3) is 0.385. The van der Waals surface area contributed by atoms with Gasteiger partial charge in [-0.05, 0) is 18.4 Å². The van der Waals surface area contributed by atoms with Crippen molar-refractivity contribution < 1.29 is 9.59 Å². The van der Waals surface area contributed by atoms with E-state index in [9.17, 15) is 9.59 Å². The molecule has 0 bridgehead atoms. The first-order chi connectivity index (χ1) is 8.27. The topological polar surface area (TPSA) is 49.4 Å². The second-order valence-electron chi connectivity index (χ2n) is 4.56. The molecule has 0 aromatic heterocycles. The maximum absolute atomic E-state index is 12.0. The summed E-state index contributed by atoms with van der Waals surface area (Å²) in [6, 6.07) is 9.22. The van der Waals surface area contributed by atoms with Crippen LogP contribution in [0.5, 0.6) is 0 Å². The van der Waals surface area contributed by atoms with Gasteiger partial charge in [0.1, 0.15) is 6.04 Å². The van der Waals surface area contributed by atoms with Crippen LogP contribution < -0.4 is 5.32 Å². The summed E-state index contributed by atoms with van der Waals surface area (Å²) in [7, 11) is 0. The van der Waals surface area contributed by atoms with Crippen molar-refractivity contribution in [3.05, 3.63) is 35.9 Å². The lowest BCUT2D eigenvalue weighted by atomic mass is 10.0. The van der Waals surface area contributed by atoms with Crippen molar-refractivity contribution in [2.45, 2.75) is 24.9 Å². The second-order valence-corrected chi connectivity index (χ2v) is 4.56. The third-order valence-corrected chi connectivity index (χ3v) is 3.54. The first-order valence-electron chi connectivity index (χ1n) is 5.93. The third-order valence-electron chi connectivity index (χ3n) is 3.54. The van der Waals surface area contributed by atoms with E-state index in [1.54, 1.807) is 0 Å². The number of hydrogen-bond donors (Lipinski definition) is 1. The second kappa shape index (κ2) is 3.96. The van der Waals surface area contributed by atoms with Gasteiger partial charge in [-0.3, -0.25) is 19.8 Å². The van der Waals surface area contributed by atoms with E-state index in [2.05, 4.69) is 5.32 Å². The lowest BCUT2D eigenvalue weighted by molar-refractivity contribution is -0.143. The SMILES string of the molecule is O=C1NC(=O)[C@@H](c2ccccc2)N2CCC[C@H]12. The summed E-state index contributed by atoms with van der Waals surface area (Å²) in [5.41, 5.74) is 0.962. The molecule has 2 atom stereocenters. The summed E-state index contributed by atoms with van der Waals surface area (Å²) in [6.45, 7) is 0.823. The largest absolute Gasteiger partial charge is 0.293 e. The number of nitrogens with zero attached hydrogens (tertiary/aromatic N) is 1. The van der Waals surface area contributed by atoms with Crippen LogP contribution in [0.1, 0.15) is 24.4 Å². The third kappa shape index (κ3) is 1.65. The molecule has 0 unspecified atom stereocenters. The molecule has 0 saturated carbocycles. The van der Waals surface area contributed by atoms with E-state index < -0.39 is 0 Å². The summed E-state index contributed by atoms with van der Waals surface area (Å²) in [6.07, 6.45) is 1.83. The van der Waals surface area contributed by atoms with Crippen LogP contribution in [-0.4, -0.2) is 29.3 Å². The molecule has 88 valence electrons. The first-order valence-corrected chi connectivity index (χ1v) is 5.93. The van der Waals surface area contributed by atoms with Crippen molar-refractivity contribution in [3.8, 4) is 0 Å². The van der Waals surface area contributed by atoms with Gasteiger partial charge in [-0.15, -0.1) is 0 Å². The molecule has 0 aliphatic carbocycles. The van der Waals surface area contributed by atoms with Gasteiger partial charge in [0, 0.05) is 6.54 Å². The number of hydrogen-bond acceptors (Lipinski definition) is 3. The lowest BCUT2D eigenvalue weighted by Gasteiger charge is -2.35. The van der Waals surface area contributed by atoms with E-state index in [0.29, 0.717) is 0 Å². The highest BCUT2D eigenvalue weighted by atomic mass is 16.2. The highest BCUT2D eigenvalue weighted by Gasteiger charge is 2.44. The van der Waals surface area contributed by atoms with E-state index in [1.807, 2.05) is 35.2 Å². The van der Waals surface area contributed by atoms with E-state index in [-0.39, 0.29) is 23.9 Å². The van der Waals surface area contributed by atoms with Crippen molar-refractivity contribution in [1.82, 2.24) is 10.2 Å². The van der Waals surface area contributed by atoms with Crippen LogP contribution in [0.25, 0.3) is 0 Å². The minimum Gasteiger partial charge on any atom is -0.293 e. The Bertz CT molecular complexity index is 458. The number of carbonyl (C=O) groups excluding carboxylic acids is 2. The Balaban J connectivity index is 1.98. The molecular formula is C13H14N2O2. The summed E-state index contributed by atoms with van der Waals surface area (Å²) < 4.78 is 0. The molecule has 2 amide bonds. The fourth-order valence-electron chi connectivity index (χ4n) is 2.78. The molecular weight excluding hydrogens is 216 g/mol. The van der Waals surface area contributed by atoms with Crippen molar-refractivity contribution in [1.29, 1.82) is 0 Å². The maximum atomic E-state index is 12.0. The van der Waals surface area contributed by atoms with Gasteiger partial charge in [-0.25, -0.2) is 0 Å². The highest BCUT2D eigenvalue weighted by Crippen LogP contribution is 2.32. The van der Waals surface area contributed by atoms with Crippen molar-refractivity contribution in [2.24, 2.45) is 0 Å². The molecule has 2 aliphatic rings. The van der Waals surface area contributed by atoms with Gasteiger partial charge in [-0.2, -0.15) is 0 Å². The molecule has 2 heterocycles. The molecule has 2 saturated heterocycles. The lowest BCUT2D eigenvalue weighted by Crippen LogP contribution is -2.56. The molecule has 0 spiro atoms. The minimum absolute atomic E-state index is 0.127. The quantitative estimate of drug-likeness (QED) is 0.728. The zero-order valence-electron chi connectivity index (χ0n) is 9.43. The molecule has 1 N–H and O–H groups in total. The van der Waals surface area contributed by atoms with Crippen LogP contribution in [0.4, 0.5) is 0 Å². The fourth-order valence-corrected chi connectivity index (χ4v) is 2.78. The highest BCUT2D eigenvalue weighted by molar-refractivity contribution is 6.03. The molecule has 4 nitrogen and oxygen atoms in total. The van der Waals surface area contributed by atoms with Gasteiger partial charge in [-0.1, -0.05) is 30.3 Å². The number of piperazine rings is 1. The molecule has 1 aromatic rings. The molecule has 17 heavy (non-hydrogen) atoms. The van der Waals surface area contributed by atoms with Crippen LogP contribution in [0.2, 0.25) is 0 Å². The number of benzene rings is 1. The number of carbonyl (C=O) groups is 2. The number of imide groups is 1. The van der Waals surface area contributed by atoms with Crippen LogP contribution in [0.15, 0.2) is 30.3 Å². The van der Waals surface area contributed by atoms with E-state index in [0.717, 1.165) is 24.9 Å². The Kier molecular flexibility index (Phi) is 2.44. The number of nitrogens with one attached hydrogen (secondary N) is 1. The Morgan fingerprint density at radius 1 is 1.12 bits per heavy atom. The molecule has 2 fully saturated rings. The molecule has 3 rings (SSSR count). The standard InChI is InChI=1S/C13H14N2O2/c16-12-10-7-4-8-15(10)11(13(17)14-12)9-5-2-1-3-6-9/h1-3,5-6,10-11H,4,7-8H2,(H,14,16,17)/t10-,11-/m1/s1. The normalized spacial score (nSPS) is 28.9. The van der Waals surface area contributed by atoms with E-state index >= 15 is 0 Å². The van der Waals surface area contributed by atoms with E-state index in [1.165, 1.54) is 0 Å². The predicted octanol–water partition coefficient (Wildman–Crippen LogP) is 0.848. The van der Waals surface area contributed by atoms with Crippen LogP contribution in [0, 0.1) is 0 Å². The Morgan fingerprint density at radius 3 is 2.65 bits per heavy atom. The number of fused-ring (bicyclic) bond motifs is 1. The average molecular weight is 230 g/mol. The van der Waals surface area contributed by atoms with Gasteiger partial charge in [0.15, 0.2) is 0 Å². The van der Waals surface area contributed by atoms with Gasteiger partial charge in [0.05, 0.1) is 6.04 Å². The van der Waals surface area contributed by atoms with Crippen molar-refractivity contribution >= 4 is 11.8 Å². The zero-order chi connectivity index (χ0) is 11.8. The minimum atomic E-state index is -0.304. The summed E-state index contributed by atoms with van der Waals surface area (Å²) in [4.78, 5) is 25.7. The van der Waals surface area contributed by atoms with Crippen molar-refractivity contribution in [3.63, 3.8) is 0 Å². The number of amides is 2. The summed E-state index contributed by atoms with van der Waals surface area (Å²) in [5, 5.41) is 2.48. The summed E-state index contributed by atoms with van der Waals surface area (Å²) >= 11 is 0. The monoisotopic (exact) mass is 230 g/mol. The van der Waals surface area contributed by atoms with Gasteiger partial charge in [0.2, 0.25) is 11.8 Å². The van der Waals surface area contributed by atoms with Crippen LogP contribution >= 0.6 is 0 Å². The average Bonchev–Trinajstić information content (AvgIpc) is 2.79. The van der Waals surface area contributed by atoms with Crippen LogP contribution in [0.3, 0.4) is 0 Å².